The zero-order valence-electron chi connectivity index (χ0n) is 13.3. The number of amides is 1. The van der Waals surface area contributed by atoms with Crippen molar-refractivity contribution < 1.29 is 24.2 Å². The van der Waals surface area contributed by atoms with E-state index in [2.05, 4.69) is 5.32 Å². The molecule has 0 aliphatic heterocycles. The van der Waals surface area contributed by atoms with Crippen molar-refractivity contribution in [1.82, 2.24) is 5.32 Å². The van der Waals surface area contributed by atoms with Gasteiger partial charge in [0.2, 0.25) is 0 Å². The average Bonchev–Trinajstić information content (AvgIpc) is 2.46. The number of methoxy groups -OCH3 is 1. The highest BCUT2D eigenvalue weighted by molar-refractivity contribution is 5.86. The zero-order chi connectivity index (χ0) is 16.7. The van der Waals surface area contributed by atoms with Crippen LogP contribution in [0.5, 0.6) is 11.5 Å². The summed E-state index contributed by atoms with van der Waals surface area (Å²) >= 11 is 0. The van der Waals surface area contributed by atoms with E-state index in [0.29, 0.717) is 17.9 Å². The van der Waals surface area contributed by atoms with Gasteiger partial charge in [-0.05, 0) is 43.5 Å². The molecule has 0 radical (unpaired) electrons. The molecule has 0 heterocycles. The molecule has 122 valence electrons. The van der Waals surface area contributed by atoms with Gasteiger partial charge >= 0.3 is 5.97 Å². The van der Waals surface area contributed by atoms with Crippen LogP contribution >= 0.6 is 0 Å². The molecule has 0 aliphatic rings. The number of hydrogen-bond donors (Lipinski definition) is 2. The molecule has 1 rings (SSSR count). The lowest BCUT2D eigenvalue weighted by atomic mass is 10.0. The minimum absolute atomic E-state index is 0.166. The summed E-state index contributed by atoms with van der Waals surface area (Å²) in [5, 5.41) is 11.6. The van der Waals surface area contributed by atoms with Gasteiger partial charge < -0.3 is 19.9 Å². The standard InChI is InChI=1S/C16H23NO5/c1-10(2)9-14(16(19)20)17-15(18)11(3)22-13-7-5-12(21-4)6-8-13/h5-8,10-11,14H,9H2,1-4H3,(H,17,18)(H,19,20)/t11?,14-/m0/s1. The molecule has 1 aromatic rings. The number of carbonyl (C=O) groups excluding carboxylic acids is 1. The van der Waals surface area contributed by atoms with Crippen LogP contribution in [0, 0.1) is 5.92 Å². The third-order valence-electron chi connectivity index (χ3n) is 3.06. The van der Waals surface area contributed by atoms with Gasteiger partial charge in [-0.3, -0.25) is 4.79 Å². The van der Waals surface area contributed by atoms with Crippen molar-refractivity contribution in [2.24, 2.45) is 5.92 Å². The van der Waals surface area contributed by atoms with Crippen molar-refractivity contribution in [3.8, 4) is 11.5 Å². The van der Waals surface area contributed by atoms with E-state index in [4.69, 9.17) is 14.6 Å². The van der Waals surface area contributed by atoms with Crippen LogP contribution in [0.2, 0.25) is 0 Å². The van der Waals surface area contributed by atoms with Crippen LogP contribution in [0.1, 0.15) is 27.2 Å². The quantitative estimate of drug-likeness (QED) is 0.768. The van der Waals surface area contributed by atoms with Crippen LogP contribution in [0.4, 0.5) is 0 Å². The number of carboxylic acids is 1. The predicted molar refractivity (Wildman–Crippen MR) is 82.1 cm³/mol. The molecule has 2 N–H and O–H groups in total. The number of carboxylic acid groups (broad SMARTS) is 1. The fourth-order valence-corrected chi connectivity index (χ4v) is 1.89. The van der Waals surface area contributed by atoms with Crippen molar-refractivity contribution in [1.29, 1.82) is 0 Å². The molecule has 1 amide bonds. The predicted octanol–water partition coefficient (Wildman–Crippen LogP) is 2.08. The zero-order valence-corrected chi connectivity index (χ0v) is 13.3. The third kappa shape index (κ3) is 5.63. The average molecular weight is 309 g/mol. The van der Waals surface area contributed by atoms with Crippen molar-refractivity contribution >= 4 is 11.9 Å². The van der Waals surface area contributed by atoms with Gasteiger partial charge in [0.15, 0.2) is 6.10 Å². The number of aliphatic carboxylic acids is 1. The lowest BCUT2D eigenvalue weighted by Gasteiger charge is -2.20. The Morgan fingerprint density at radius 2 is 1.68 bits per heavy atom. The lowest BCUT2D eigenvalue weighted by molar-refractivity contribution is -0.143. The normalized spacial score (nSPS) is 13.3. The molecule has 0 aliphatic carbocycles. The first-order valence-electron chi connectivity index (χ1n) is 7.17. The summed E-state index contributed by atoms with van der Waals surface area (Å²) in [6, 6.07) is 5.91. The molecule has 0 saturated carbocycles. The van der Waals surface area contributed by atoms with Crippen molar-refractivity contribution in [3.63, 3.8) is 0 Å². The highest BCUT2D eigenvalue weighted by Crippen LogP contribution is 2.18. The Morgan fingerprint density at radius 1 is 1.14 bits per heavy atom. The van der Waals surface area contributed by atoms with Crippen molar-refractivity contribution in [2.45, 2.75) is 39.3 Å². The van der Waals surface area contributed by atoms with Crippen molar-refractivity contribution in [2.75, 3.05) is 7.11 Å². The van der Waals surface area contributed by atoms with Crippen LogP contribution in [0.25, 0.3) is 0 Å². The molecule has 0 aromatic heterocycles. The second kappa shape index (κ2) is 8.26. The summed E-state index contributed by atoms with van der Waals surface area (Å²) in [4.78, 5) is 23.2. The fourth-order valence-electron chi connectivity index (χ4n) is 1.89. The summed E-state index contributed by atoms with van der Waals surface area (Å²) < 4.78 is 10.5. The fraction of sp³-hybridized carbons (Fsp3) is 0.500. The maximum Gasteiger partial charge on any atom is 0.326 e. The van der Waals surface area contributed by atoms with E-state index in [1.54, 1.807) is 38.3 Å². The second-order valence-corrected chi connectivity index (χ2v) is 5.46. The Morgan fingerprint density at radius 3 is 2.14 bits per heavy atom. The Kier molecular flexibility index (Phi) is 6.69. The molecule has 6 nitrogen and oxygen atoms in total. The van der Waals surface area contributed by atoms with E-state index in [1.165, 1.54) is 0 Å². The highest BCUT2D eigenvalue weighted by Gasteiger charge is 2.24. The van der Waals surface area contributed by atoms with E-state index >= 15 is 0 Å². The smallest absolute Gasteiger partial charge is 0.326 e. The van der Waals surface area contributed by atoms with Crippen LogP contribution in [0.3, 0.4) is 0 Å². The van der Waals surface area contributed by atoms with Crippen LogP contribution in [-0.2, 0) is 9.59 Å². The second-order valence-electron chi connectivity index (χ2n) is 5.46. The summed E-state index contributed by atoms with van der Waals surface area (Å²) in [6.07, 6.45) is -0.418. The molecule has 0 fully saturated rings. The van der Waals surface area contributed by atoms with E-state index < -0.39 is 24.0 Å². The summed E-state index contributed by atoms with van der Waals surface area (Å²) in [5.41, 5.74) is 0. The van der Waals surface area contributed by atoms with E-state index in [1.807, 2.05) is 13.8 Å². The number of hydrogen-bond acceptors (Lipinski definition) is 4. The van der Waals surface area contributed by atoms with Gasteiger partial charge in [-0.15, -0.1) is 0 Å². The molecular weight excluding hydrogens is 286 g/mol. The van der Waals surface area contributed by atoms with Crippen molar-refractivity contribution in [3.05, 3.63) is 24.3 Å². The Hall–Kier alpha value is -2.24. The minimum Gasteiger partial charge on any atom is -0.497 e. The molecule has 1 unspecified atom stereocenters. The first-order chi connectivity index (χ1) is 10.3. The first-order valence-corrected chi connectivity index (χ1v) is 7.17. The maximum atomic E-state index is 12.0. The Labute approximate surface area is 130 Å². The van der Waals surface area contributed by atoms with Crippen LogP contribution in [-0.4, -0.2) is 36.2 Å². The van der Waals surface area contributed by atoms with Gasteiger partial charge in [0.1, 0.15) is 17.5 Å². The minimum atomic E-state index is -1.04. The number of rotatable bonds is 8. The summed E-state index contributed by atoms with van der Waals surface area (Å²) in [5.74, 6) is -0.131. The van der Waals surface area contributed by atoms with Gasteiger partial charge in [-0.2, -0.15) is 0 Å². The van der Waals surface area contributed by atoms with Gasteiger partial charge in [0.05, 0.1) is 7.11 Å². The number of carbonyl (C=O) groups is 2. The molecule has 2 atom stereocenters. The monoisotopic (exact) mass is 309 g/mol. The SMILES string of the molecule is COc1ccc(OC(C)C(=O)N[C@@H](CC(C)C)C(=O)O)cc1. The topological polar surface area (TPSA) is 84.9 Å². The molecular formula is C16H23NO5. The van der Waals surface area contributed by atoms with Crippen LogP contribution in [0.15, 0.2) is 24.3 Å². The third-order valence-corrected chi connectivity index (χ3v) is 3.06. The van der Waals surface area contributed by atoms with E-state index in [-0.39, 0.29) is 5.92 Å². The van der Waals surface area contributed by atoms with Gasteiger partial charge in [0, 0.05) is 0 Å². The number of ether oxygens (including phenoxy) is 2. The first kappa shape index (κ1) is 17.8. The van der Waals surface area contributed by atoms with E-state index in [9.17, 15) is 9.59 Å². The molecule has 0 bridgehead atoms. The summed E-state index contributed by atoms with van der Waals surface area (Å²) in [6.45, 7) is 5.38. The molecule has 22 heavy (non-hydrogen) atoms. The number of benzene rings is 1. The maximum absolute atomic E-state index is 12.0. The van der Waals surface area contributed by atoms with E-state index in [0.717, 1.165) is 0 Å². The Balaban J connectivity index is 2.61. The summed E-state index contributed by atoms with van der Waals surface area (Å²) in [7, 11) is 1.56. The largest absolute Gasteiger partial charge is 0.497 e. The van der Waals surface area contributed by atoms with Crippen LogP contribution < -0.4 is 14.8 Å². The molecule has 0 spiro atoms. The molecule has 6 heteroatoms. The number of nitrogens with one attached hydrogen (secondary N) is 1. The Bertz CT molecular complexity index is 498. The molecule has 1 aromatic carbocycles. The van der Waals surface area contributed by atoms with Gasteiger partial charge in [-0.1, -0.05) is 13.8 Å². The van der Waals surface area contributed by atoms with Gasteiger partial charge in [0.25, 0.3) is 5.91 Å². The molecule has 0 saturated heterocycles. The van der Waals surface area contributed by atoms with Gasteiger partial charge in [-0.25, -0.2) is 4.79 Å². The highest BCUT2D eigenvalue weighted by atomic mass is 16.5. The lowest BCUT2D eigenvalue weighted by Crippen LogP contribution is -2.46.